The van der Waals surface area contributed by atoms with Gasteiger partial charge in [0.25, 0.3) is 0 Å². The minimum atomic E-state index is -3.53. The van der Waals surface area contributed by atoms with Crippen molar-refractivity contribution < 1.29 is 13.2 Å². The van der Waals surface area contributed by atoms with Crippen molar-refractivity contribution in [2.75, 3.05) is 18.4 Å². The lowest BCUT2D eigenvalue weighted by Gasteiger charge is -2.30. The number of benzene rings is 1. The molecule has 1 aliphatic heterocycles. The largest absolute Gasteiger partial charge is 0.326 e. The number of carbonyl (C=O) groups excluding carboxylic acids is 1. The van der Waals surface area contributed by atoms with Crippen molar-refractivity contribution in [2.24, 2.45) is 5.92 Å². The number of aryl methyl sites for hydroxylation is 2. The molecule has 2 aromatic heterocycles. The second-order valence-corrected chi connectivity index (χ2v) is 10.8. The van der Waals surface area contributed by atoms with Gasteiger partial charge >= 0.3 is 0 Å². The summed E-state index contributed by atoms with van der Waals surface area (Å²) in [5, 5.41) is 16.3. The fraction of sp³-hybridized carbons (Fsp3) is 0.417. The highest BCUT2D eigenvalue weighted by atomic mass is 32.2. The molecule has 1 saturated heterocycles. The van der Waals surface area contributed by atoms with Crippen LogP contribution in [0.1, 0.15) is 48.7 Å². The van der Waals surface area contributed by atoms with E-state index in [1.54, 1.807) is 33.1 Å². The molecule has 10 heteroatoms. The highest BCUT2D eigenvalue weighted by Crippen LogP contribution is 2.24. The van der Waals surface area contributed by atoms with Gasteiger partial charge in [-0.3, -0.25) is 4.79 Å². The molecule has 9 nitrogen and oxygen atoms in total. The first-order chi connectivity index (χ1) is 16.2. The van der Waals surface area contributed by atoms with Crippen LogP contribution in [-0.2, 0) is 21.2 Å². The Kier molecular flexibility index (Phi) is 6.68. The topological polar surface area (TPSA) is 120 Å². The summed E-state index contributed by atoms with van der Waals surface area (Å²) < 4.78 is 29.0. The van der Waals surface area contributed by atoms with Crippen LogP contribution in [0.5, 0.6) is 0 Å². The molecule has 3 heterocycles. The highest BCUT2D eigenvalue weighted by Gasteiger charge is 2.28. The molecule has 4 rings (SSSR count). The van der Waals surface area contributed by atoms with Crippen molar-refractivity contribution in [3.8, 4) is 6.07 Å². The van der Waals surface area contributed by atoms with Crippen molar-refractivity contribution in [2.45, 2.75) is 51.3 Å². The molecule has 1 unspecified atom stereocenters. The molecule has 1 amide bonds. The summed E-state index contributed by atoms with van der Waals surface area (Å²) in [6.07, 6.45) is 4.10. The van der Waals surface area contributed by atoms with Gasteiger partial charge in [0.1, 0.15) is 11.6 Å². The minimum Gasteiger partial charge on any atom is -0.326 e. The van der Waals surface area contributed by atoms with Crippen LogP contribution in [0.25, 0.3) is 5.65 Å². The molecule has 1 N–H and O–H groups in total. The second kappa shape index (κ2) is 9.52. The zero-order chi connectivity index (χ0) is 24.5. The van der Waals surface area contributed by atoms with Crippen LogP contribution in [0.4, 0.5) is 5.69 Å². The van der Waals surface area contributed by atoms with Gasteiger partial charge in [-0.25, -0.2) is 17.9 Å². The number of carbonyl (C=O) groups is 1. The van der Waals surface area contributed by atoms with E-state index in [0.717, 1.165) is 29.8 Å². The fourth-order valence-corrected chi connectivity index (χ4v) is 6.04. The van der Waals surface area contributed by atoms with E-state index >= 15 is 0 Å². The first-order valence-electron chi connectivity index (χ1n) is 11.3. The number of nitrogens with zero attached hydrogens (tertiary/aromatic N) is 5. The molecule has 1 aliphatic rings. The maximum Gasteiger partial charge on any atom is 0.243 e. The molecular weight excluding hydrogens is 452 g/mol. The molecule has 0 bridgehead atoms. The number of sulfonamides is 1. The lowest BCUT2D eigenvalue weighted by molar-refractivity contribution is -0.116. The Balaban J connectivity index is 1.41. The van der Waals surface area contributed by atoms with Gasteiger partial charge in [0, 0.05) is 36.6 Å². The van der Waals surface area contributed by atoms with Gasteiger partial charge in [-0.2, -0.15) is 14.7 Å². The van der Waals surface area contributed by atoms with Crippen molar-refractivity contribution in [1.29, 1.82) is 5.26 Å². The fourth-order valence-electron chi connectivity index (χ4n) is 4.44. The van der Waals surface area contributed by atoms with Crippen LogP contribution in [0.2, 0.25) is 0 Å². The number of nitrogens with one attached hydrogen (secondary N) is 1. The molecule has 0 radical (unpaired) electrons. The predicted octanol–water partition coefficient (Wildman–Crippen LogP) is 3.21. The lowest BCUT2D eigenvalue weighted by Crippen LogP contribution is -2.39. The van der Waals surface area contributed by atoms with Crippen molar-refractivity contribution in [3.63, 3.8) is 0 Å². The summed E-state index contributed by atoms with van der Waals surface area (Å²) >= 11 is 0. The summed E-state index contributed by atoms with van der Waals surface area (Å²) in [6.45, 7) is 6.90. The Labute approximate surface area is 199 Å². The Morgan fingerprint density at radius 1 is 1.26 bits per heavy atom. The van der Waals surface area contributed by atoms with E-state index in [4.69, 9.17) is 0 Å². The van der Waals surface area contributed by atoms with E-state index in [1.165, 1.54) is 6.20 Å². The van der Waals surface area contributed by atoms with E-state index in [-0.39, 0.29) is 17.2 Å². The van der Waals surface area contributed by atoms with Crippen LogP contribution < -0.4 is 5.32 Å². The van der Waals surface area contributed by atoms with Gasteiger partial charge in [0.2, 0.25) is 15.9 Å². The van der Waals surface area contributed by atoms with E-state index in [1.807, 2.05) is 13.8 Å². The molecule has 1 fully saturated rings. The van der Waals surface area contributed by atoms with Gasteiger partial charge in [-0.05, 0) is 68.9 Å². The molecule has 1 atom stereocenters. The third kappa shape index (κ3) is 4.67. The number of piperidine rings is 1. The van der Waals surface area contributed by atoms with Gasteiger partial charge in [-0.15, -0.1) is 0 Å². The van der Waals surface area contributed by atoms with Crippen LogP contribution in [-0.4, -0.2) is 46.3 Å². The number of rotatable bonds is 6. The first-order valence-corrected chi connectivity index (χ1v) is 12.8. The Morgan fingerprint density at radius 3 is 2.68 bits per heavy atom. The quantitative estimate of drug-likeness (QED) is 0.578. The molecular formula is C24H28N6O3S. The number of hydrogen-bond acceptors (Lipinski definition) is 6. The summed E-state index contributed by atoms with van der Waals surface area (Å²) in [5.41, 5.74) is 3.99. The average Bonchev–Trinajstić information content (AvgIpc) is 3.22. The number of anilines is 1. The van der Waals surface area contributed by atoms with E-state index in [9.17, 15) is 18.5 Å². The van der Waals surface area contributed by atoms with Crippen molar-refractivity contribution in [3.05, 3.63) is 53.0 Å². The smallest absolute Gasteiger partial charge is 0.243 e. The number of hydrogen-bond donors (Lipinski definition) is 1. The zero-order valence-corrected chi connectivity index (χ0v) is 20.4. The van der Waals surface area contributed by atoms with Crippen LogP contribution in [0.3, 0.4) is 0 Å². The Bertz CT molecular complexity index is 1370. The van der Waals surface area contributed by atoms with Crippen LogP contribution in [0, 0.1) is 31.1 Å². The molecule has 34 heavy (non-hydrogen) atoms. The van der Waals surface area contributed by atoms with E-state index < -0.39 is 10.0 Å². The first kappa shape index (κ1) is 23.9. The van der Waals surface area contributed by atoms with Crippen molar-refractivity contribution in [1.82, 2.24) is 18.9 Å². The monoisotopic (exact) mass is 480 g/mol. The van der Waals surface area contributed by atoms with Gasteiger partial charge in [0.05, 0.1) is 11.1 Å². The number of aromatic nitrogens is 3. The third-order valence-electron chi connectivity index (χ3n) is 6.33. The maximum atomic E-state index is 12.9. The Morgan fingerprint density at radius 2 is 2.00 bits per heavy atom. The van der Waals surface area contributed by atoms with Gasteiger partial charge in [0.15, 0.2) is 5.65 Å². The molecule has 178 valence electrons. The lowest BCUT2D eigenvalue weighted by atomic mass is 10.0. The standard InChI is InChI=1S/C24H28N6O3S/c1-16-5-4-12-29(15-16)34(32,33)21-8-6-20(7-9-21)28-23(31)11-10-22-17(2)27-24-19(13-25)14-26-30(24)18(22)3/h6-9,14,16H,4-5,10-12,15H2,1-3H3,(H,28,31). The second-order valence-electron chi connectivity index (χ2n) is 8.85. The molecule has 1 aromatic carbocycles. The SMILES string of the molecule is Cc1nc2c(C#N)cnn2c(C)c1CCC(=O)Nc1ccc(S(=O)(=O)N2CCCC(C)C2)cc1. The molecule has 0 spiro atoms. The van der Waals surface area contributed by atoms with Gasteiger partial charge < -0.3 is 5.32 Å². The minimum absolute atomic E-state index is 0.183. The van der Waals surface area contributed by atoms with Crippen LogP contribution >= 0.6 is 0 Å². The Hall–Kier alpha value is -3.29. The third-order valence-corrected chi connectivity index (χ3v) is 8.21. The molecule has 3 aromatic rings. The van der Waals surface area contributed by atoms with Crippen LogP contribution in [0.15, 0.2) is 35.4 Å². The summed E-state index contributed by atoms with van der Waals surface area (Å²) in [6, 6.07) is 8.41. The number of amides is 1. The summed E-state index contributed by atoms with van der Waals surface area (Å²) in [5.74, 6) is 0.171. The summed E-state index contributed by atoms with van der Waals surface area (Å²) in [4.78, 5) is 17.3. The van der Waals surface area contributed by atoms with Crippen molar-refractivity contribution >= 4 is 27.3 Å². The average molecular weight is 481 g/mol. The van der Waals surface area contributed by atoms with E-state index in [0.29, 0.717) is 42.3 Å². The predicted molar refractivity (Wildman–Crippen MR) is 128 cm³/mol. The van der Waals surface area contributed by atoms with Gasteiger partial charge in [-0.1, -0.05) is 6.92 Å². The zero-order valence-electron chi connectivity index (χ0n) is 19.6. The highest BCUT2D eigenvalue weighted by molar-refractivity contribution is 7.89. The number of nitriles is 1. The molecule has 0 aliphatic carbocycles. The van der Waals surface area contributed by atoms with E-state index in [2.05, 4.69) is 28.4 Å². The number of fused-ring (bicyclic) bond motifs is 1. The maximum absolute atomic E-state index is 12.9. The molecule has 0 saturated carbocycles. The normalized spacial score (nSPS) is 16.9. The summed E-state index contributed by atoms with van der Waals surface area (Å²) in [7, 11) is -3.53.